The van der Waals surface area contributed by atoms with Crippen LogP contribution in [0, 0.1) is 0 Å². The maximum absolute atomic E-state index is 11.7. The third-order valence-corrected chi connectivity index (χ3v) is 3.66. The van der Waals surface area contributed by atoms with Crippen LogP contribution < -0.4 is 5.32 Å². The molecule has 1 atom stereocenters. The lowest BCUT2D eigenvalue weighted by Gasteiger charge is -2.04. The van der Waals surface area contributed by atoms with E-state index in [0.29, 0.717) is 10.8 Å². The van der Waals surface area contributed by atoms with Gasteiger partial charge in [-0.3, -0.25) is 4.21 Å². The molecule has 14 heavy (non-hydrogen) atoms. The quantitative estimate of drug-likeness (QED) is 0.786. The predicted octanol–water partition coefficient (Wildman–Crippen LogP) is 2.06. The molecule has 0 spiro atoms. The van der Waals surface area contributed by atoms with Crippen molar-refractivity contribution in [2.45, 2.75) is 11.8 Å². The molecule has 0 aliphatic carbocycles. The van der Waals surface area contributed by atoms with Gasteiger partial charge in [-0.25, -0.2) is 0 Å². The lowest BCUT2D eigenvalue weighted by atomic mass is 10.4. The van der Waals surface area contributed by atoms with Crippen LogP contribution in [0.25, 0.3) is 0 Å². The summed E-state index contributed by atoms with van der Waals surface area (Å²) in [7, 11) is -0.991. The minimum Gasteiger partial charge on any atom is -0.316 e. The lowest BCUT2D eigenvalue weighted by Crippen LogP contribution is -2.19. The Morgan fingerprint density at radius 1 is 1.43 bits per heavy atom. The highest BCUT2D eigenvalue weighted by molar-refractivity contribution is 7.85. The van der Waals surface area contributed by atoms with Crippen LogP contribution in [-0.4, -0.2) is 23.1 Å². The van der Waals surface area contributed by atoms with E-state index in [1.165, 1.54) is 0 Å². The Hall–Kier alpha value is -0.380. The molecule has 1 rings (SSSR count). The Balaban J connectivity index is 2.56. The third kappa shape index (κ3) is 3.40. The van der Waals surface area contributed by atoms with E-state index in [9.17, 15) is 4.21 Å². The Labute approximate surface area is 92.1 Å². The number of hydrogen-bond acceptors (Lipinski definition) is 2. The second-order valence-corrected chi connectivity index (χ2v) is 4.78. The van der Waals surface area contributed by atoms with Crippen LogP contribution in [0.1, 0.15) is 6.92 Å². The molecule has 0 aliphatic heterocycles. The molecule has 0 aliphatic rings. The summed E-state index contributed by atoms with van der Waals surface area (Å²) in [6, 6.07) is 7.27. The zero-order valence-electron chi connectivity index (χ0n) is 8.13. The first-order valence-electron chi connectivity index (χ1n) is 4.59. The van der Waals surface area contributed by atoms with Crippen LogP contribution in [0.2, 0.25) is 5.02 Å². The maximum atomic E-state index is 11.7. The molecule has 4 heteroatoms. The zero-order valence-corrected chi connectivity index (χ0v) is 9.70. The lowest BCUT2D eigenvalue weighted by molar-refractivity contribution is 0.677. The van der Waals surface area contributed by atoms with Gasteiger partial charge in [0.1, 0.15) is 0 Å². The fraction of sp³-hybridized carbons (Fsp3) is 0.400. The van der Waals surface area contributed by atoms with Gasteiger partial charge < -0.3 is 5.32 Å². The second kappa shape index (κ2) is 6.17. The van der Waals surface area contributed by atoms with Crippen molar-refractivity contribution in [2.24, 2.45) is 0 Å². The number of halogens is 1. The number of nitrogens with one attached hydrogen (secondary N) is 1. The van der Waals surface area contributed by atoms with Crippen molar-refractivity contribution in [1.29, 1.82) is 0 Å². The van der Waals surface area contributed by atoms with Gasteiger partial charge >= 0.3 is 0 Å². The summed E-state index contributed by atoms with van der Waals surface area (Å²) >= 11 is 5.92. The van der Waals surface area contributed by atoms with Gasteiger partial charge in [-0.15, -0.1) is 0 Å². The van der Waals surface area contributed by atoms with E-state index in [1.807, 2.05) is 25.1 Å². The van der Waals surface area contributed by atoms with Gasteiger partial charge in [-0.05, 0) is 18.7 Å². The smallest absolute Gasteiger partial charge is 0.0574 e. The standard InChI is InChI=1S/C10H14ClNOS/c1-2-12-7-8-14(13)10-6-4-3-5-9(10)11/h3-6,12H,2,7-8H2,1H3. The van der Waals surface area contributed by atoms with E-state index in [0.717, 1.165) is 18.0 Å². The summed E-state index contributed by atoms with van der Waals surface area (Å²) in [5.74, 6) is 0.609. The molecule has 0 fully saturated rings. The van der Waals surface area contributed by atoms with Crippen molar-refractivity contribution in [3.05, 3.63) is 29.3 Å². The van der Waals surface area contributed by atoms with E-state index < -0.39 is 10.8 Å². The predicted molar refractivity (Wildman–Crippen MR) is 61.3 cm³/mol. The average molecular weight is 232 g/mol. The second-order valence-electron chi connectivity index (χ2n) is 2.83. The van der Waals surface area contributed by atoms with E-state index in [-0.39, 0.29) is 0 Å². The summed E-state index contributed by atoms with van der Waals surface area (Å²) < 4.78 is 11.7. The van der Waals surface area contributed by atoms with Crippen LogP contribution in [0.4, 0.5) is 0 Å². The Morgan fingerprint density at radius 3 is 2.79 bits per heavy atom. The van der Waals surface area contributed by atoms with Gasteiger partial charge in [0.25, 0.3) is 0 Å². The minimum atomic E-state index is -0.991. The van der Waals surface area contributed by atoms with Crippen molar-refractivity contribution < 1.29 is 4.21 Å². The molecule has 1 unspecified atom stereocenters. The first kappa shape index (κ1) is 11.7. The first-order valence-corrected chi connectivity index (χ1v) is 6.29. The van der Waals surface area contributed by atoms with Gasteiger partial charge in [0.2, 0.25) is 0 Å². The highest BCUT2D eigenvalue weighted by atomic mass is 35.5. The van der Waals surface area contributed by atoms with Crippen molar-refractivity contribution in [1.82, 2.24) is 5.32 Å². The molecule has 0 radical (unpaired) electrons. The first-order chi connectivity index (χ1) is 6.75. The minimum absolute atomic E-state index is 0.585. The molecule has 0 saturated heterocycles. The van der Waals surface area contributed by atoms with Crippen LogP contribution in [0.15, 0.2) is 29.2 Å². The van der Waals surface area contributed by atoms with Gasteiger partial charge in [0, 0.05) is 12.3 Å². The summed E-state index contributed by atoms with van der Waals surface area (Å²) in [5.41, 5.74) is 0. The zero-order chi connectivity index (χ0) is 10.4. The van der Waals surface area contributed by atoms with Crippen LogP contribution in [0.3, 0.4) is 0 Å². The number of rotatable bonds is 5. The number of benzene rings is 1. The molecule has 0 heterocycles. The highest BCUT2D eigenvalue weighted by Crippen LogP contribution is 2.18. The van der Waals surface area contributed by atoms with Crippen LogP contribution in [0.5, 0.6) is 0 Å². The fourth-order valence-electron chi connectivity index (χ4n) is 1.08. The van der Waals surface area contributed by atoms with Gasteiger partial charge in [0.15, 0.2) is 0 Å². The Bertz CT molecular complexity index is 317. The number of hydrogen-bond donors (Lipinski definition) is 1. The molecule has 0 amide bonds. The third-order valence-electron chi connectivity index (χ3n) is 1.80. The summed E-state index contributed by atoms with van der Waals surface area (Å²) in [4.78, 5) is 0.729. The van der Waals surface area contributed by atoms with E-state index in [4.69, 9.17) is 11.6 Å². The topological polar surface area (TPSA) is 29.1 Å². The van der Waals surface area contributed by atoms with Crippen LogP contribution in [-0.2, 0) is 10.8 Å². The van der Waals surface area contributed by atoms with Crippen LogP contribution >= 0.6 is 11.6 Å². The maximum Gasteiger partial charge on any atom is 0.0574 e. The Kier molecular flexibility index (Phi) is 5.15. The molecule has 0 aromatic heterocycles. The summed E-state index contributed by atoms with van der Waals surface area (Å²) in [6.45, 7) is 3.69. The van der Waals surface area contributed by atoms with Gasteiger partial charge in [-0.2, -0.15) is 0 Å². The molecule has 0 bridgehead atoms. The van der Waals surface area contributed by atoms with Crippen molar-refractivity contribution in [3.8, 4) is 0 Å². The SMILES string of the molecule is CCNCCS(=O)c1ccccc1Cl. The summed E-state index contributed by atoms with van der Waals surface area (Å²) in [6.07, 6.45) is 0. The van der Waals surface area contributed by atoms with Gasteiger partial charge in [-0.1, -0.05) is 30.7 Å². The molecular weight excluding hydrogens is 218 g/mol. The van der Waals surface area contributed by atoms with E-state index >= 15 is 0 Å². The normalized spacial score (nSPS) is 12.7. The molecule has 1 N–H and O–H groups in total. The van der Waals surface area contributed by atoms with E-state index in [1.54, 1.807) is 6.07 Å². The largest absolute Gasteiger partial charge is 0.316 e. The molecule has 1 aromatic rings. The molecule has 78 valence electrons. The molecule has 1 aromatic carbocycles. The molecule has 0 saturated carbocycles. The highest BCUT2D eigenvalue weighted by Gasteiger charge is 2.06. The van der Waals surface area contributed by atoms with Crippen molar-refractivity contribution >= 4 is 22.4 Å². The van der Waals surface area contributed by atoms with E-state index in [2.05, 4.69) is 5.32 Å². The van der Waals surface area contributed by atoms with Gasteiger partial charge in [0.05, 0.1) is 20.7 Å². The summed E-state index contributed by atoms with van der Waals surface area (Å²) in [5, 5.41) is 3.72. The molecular formula is C10H14ClNOS. The molecule has 2 nitrogen and oxygen atoms in total. The fourth-order valence-corrected chi connectivity index (χ4v) is 2.54. The monoisotopic (exact) mass is 231 g/mol. The van der Waals surface area contributed by atoms with Crippen molar-refractivity contribution in [2.75, 3.05) is 18.8 Å². The Morgan fingerprint density at radius 2 is 2.14 bits per heavy atom. The average Bonchev–Trinajstić information content (AvgIpc) is 2.18. The van der Waals surface area contributed by atoms with Crippen molar-refractivity contribution in [3.63, 3.8) is 0 Å².